The summed E-state index contributed by atoms with van der Waals surface area (Å²) in [7, 11) is 0. The number of hydrogen-bond acceptors (Lipinski definition) is 4. The van der Waals surface area contributed by atoms with Gasteiger partial charge in [-0.1, -0.05) is 11.6 Å². The lowest BCUT2D eigenvalue weighted by molar-refractivity contribution is -0.115. The fourth-order valence-electron chi connectivity index (χ4n) is 1.68. The van der Waals surface area contributed by atoms with E-state index in [1.54, 1.807) is 12.1 Å². The van der Waals surface area contributed by atoms with Gasteiger partial charge in [0.2, 0.25) is 6.79 Å². The van der Waals surface area contributed by atoms with Gasteiger partial charge in [-0.15, -0.1) is 0 Å². The van der Waals surface area contributed by atoms with Crippen LogP contribution in [0.5, 0.6) is 11.5 Å². The molecule has 0 saturated carbocycles. The first-order valence-electron chi connectivity index (χ1n) is 5.06. The van der Waals surface area contributed by atoms with E-state index in [2.05, 4.69) is 10.6 Å². The number of carbonyl (C=O) groups is 2. The van der Waals surface area contributed by atoms with Crippen molar-refractivity contribution in [3.63, 3.8) is 0 Å². The summed E-state index contributed by atoms with van der Waals surface area (Å²) < 4.78 is 10.4. The molecule has 3 rings (SSSR count). The van der Waals surface area contributed by atoms with Crippen LogP contribution in [-0.4, -0.2) is 18.7 Å². The highest BCUT2D eigenvalue weighted by atomic mass is 35.5. The highest BCUT2D eigenvalue weighted by molar-refractivity contribution is 6.32. The molecule has 18 heavy (non-hydrogen) atoms. The molecule has 1 aromatic carbocycles. The van der Waals surface area contributed by atoms with Gasteiger partial charge in [0.15, 0.2) is 11.5 Å². The molecule has 0 bridgehead atoms. The van der Waals surface area contributed by atoms with Crippen LogP contribution in [0.15, 0.2) is 17.8 Å². The Kier molecular flexibility index (Phi) is 2.38. The van der Waals surface area contributed by atoms with Gasteiger partial charge < -0.3 is 14.8 Å². The van der Waals surface area contributed by atoms with Crippen molar-refractivity contribution >= 4 is 29.6 Å². The van der Waals surface area contributed by atoms with Gasteiger partial charge in [-0.3, -0.25) is 10.1 Å². The number of urea groups is 1. The molecule has 1 saturated heterocycles. The van der Waals surface area contributed by atoms with E-state index in [9.17, 15) is 9.59 Å². The summed E-state index contributed by atoms with van der Waals surface area (Å²) in [4.78, 5) is 22.3. The number of rotatable bonds is 1. The Morgan fingerprint density at radius 3 is 2.56 bits per heavy atom. The topological polar surface area (TPSA) is 76.7 Å². The zero-order chi connectivity index (χ0) is 12.7. The molecule has 0 unspecified atom stereocenters. The minimum absolute atomic E-state index is 0.140. The summed E-state index contributed by atoms with van der Waals surface area (Å²) in [5.74, 6) is 0.617. The SMILES string of the molecule is O=C1NC(=O)/C(=C\c2cc3c(cc2Cl)OCO3)N1. The summed E-state index contributed by atoms with van der Waals surface area (Å²) in [6.07, 6.45) is 1.48. The molecule has 2 heterocycles. The van der Waals surface area contributed by atoms with Gasteiger partial charge in [0.25, 0.3) is 5.91 Å². The van der Waals surface area contributed by atoms with Crippen molar-refractivity contribution in [2.45, 2.75) is 0 Å². The summed E-state index contributed by atoms with van der Waals surface area (Å²) in [6, 6.07) is 2.70. The van der Waals surface area contributed by atoms with Crippen molar-refractivity contribution < 1.29 is 19.1 Å². The van der Waals surface area contributed by atoms with E-state index in [4.69, 9.17) is 21.1 Å². The molecule has 92 valence electrons. The van der Waals surface area contributed by atoms with Crippen LogP contribution in [0, 0.1) is 0 Å². The lowest BCUT2D eigenvalue weighted by Crippen LogP contribution is -2.22. The van der Waals surface area contributed by atoms with E-state index in [1.165, 1.54) is 6.08 Å². The standard InChI is InChI=1S/C11H7ClN2O4/c12-6-3-9-8(17-4-18-9)2-5(6)1-7-10(15)14-11(16)13-7/h1-3H,4H2,(H2,13,14,15,16)/b7-1+. The van der Waals surface area contributed by atoms with Gasteiger partial charge in [-0.25, -0.2) is 4.79 Å². The van der Waals surface area contributed by atoms with Crippen molar-refractivity contribution in [1.29, 1.82) is 0 Å². The largest absolute Gasteiger partial charge is 0.454 e. The minimum atomic E-state index is -0.553. The normalized spacial score (nSPS) is 19.1. The van der Waals surface area contributed by atoms with Gasteiger partial charge in [0, 0.05) is 6.07 Å². The van der Waals surface area contributed by atoms with Gasteiger partial charge in [-0.2, -0.15) is 0 Å². The molecule has 1 fully saturated rings. The van der Waals surface area contributed by atoms with Crippen LogP contribution >= 0.6 is 11.6 Å². The van der Waals surface area contributed by atoms with Crippen LogP contribution in [0.3, 0.4) is 0 Å². The molecule has 6 nitrogen and oxygen atoms in total. The molecule has 2 aliphatic rings. The van der Waals surface area contributed by atoms with Gasteiger partial charge >= 0.3 is 6.03 Å². The summed E-state index contributed by atoms with van der Waals surface area (Å²) in [5.41, 5.74) is 0.703. The molecule has 0 aromatic heterocycles. The summed E-state index contributed by atoms with van der Waals surface area (Å²) >= 11 is 6.05. The number of amides is 3. The number of fused-ring (bicyclic) bond motifs is 1. The molecule has 1 aromatic rings. The average molecular weight is 267 g/mol. The van der Waals surface area contributed by atoms with Crippen molar-refractivity contribution in [1.82, 2.24) is 10.6 Å². The van der Waals surface area contributed by atoms with Crippen molar-refractivity contribution in [2.24, 2.45) is 0 Å². The van der Waals surface area contributed by atoms with Crippen LogP contribution in [0.4, 0.5) is 4.79 Å². The average Bonchev–Trinajstić information content (AvgIpc) is 2.86. The number of imide groups is 1. The van der Waals surface area contributed by atoms with Crippen LogP contribution in [0.25, 0.3) is 6.08 Å². The lowest BCUT2D eigenvalue weighted by atomic mass is 10.1. The third kappa shape index (κ3) is 1.76. The zero-order valence-electron chi connectivity index (χ0n) is 8.95. The second-order valence-corrected chi connectivity index (χ2v) is 4.10. The predicted octanol–water partition coefficient (Wildman–Crippen LogP) is 1.25. The van der Waals surface area contributed by atoms with Gasteiger partial charge in [-0.05, 0) is 17.7 Å². The molecule has 2 aliphatic heterocycles. The zero-order valence-corrected chi connectivity index (χ0v) is 9.71. The fraction of sp³-hybridized carbons (Fsp3) is 0.0909. The molecular weight excluding hydrogens is 260 g/mol. The molecule has 0 aliphatic carbocycles. The van der Waals surface area contributed by atoms with Crippen LogP contribution in [-0.2, 0) is 4.79 Å². The Labute approximate surface area is 107 Å². The highest BCUT2D eigenvalue weighted by Crippen LogP contribution is 2.37. The molecule has 3 amide bonds. The van der Waals surface area contributed by atoms with Crippen LogP contribution in [0.2, 0.25) is 5.02 Å². The molecular formula is C11H7ClN2O4. The molecule has 0 spiro atoms. The Morgan fingerprint density at radius 2 is 1.89 bits per heavy atom. The first-order chi connectivity index (χ1) is 8.63. The Bertz CT molecular complexity index is 597. The van der Waals surface area contributed by atoms with Crippen molar-refractivity contribution in [3.05, 3.63) is 28.4 Å². The third-order valence-corrected chi connectivity index (χ3v) is 2.84. The maximum Gasteiger partial charge on any atom is 0.326 e. The number of halogens is 1. The third-order valence-electron chi connectivity index (χ3n) is 2.51. The van der Waals surface area contributed by atoms with E-state index in [1.807, 2.05) is 0 Å². The fourth-order valence-corrected chi connectivity index (χ4v) is 1.89. The lowest BCUT2D eigenvalue weighted by Gasteiger charge is -2.02. The van der Waals surface area contributed by atoms with Crippen molar-refractivity contribution in [2.75, 3.05) is 6.79 Å². The second kappa shape index (κ2) is 3.92. The smallest absolute Gasteiger partial charge is 0.326 e. The molecule has 0 atom stereocenters. The van der Waals surface area contributed by atoms with E-state index in [0.29, 0.717) is 22.1 Å². The first-order valence-corrected chi connectivity index (χ1v) is 5.44. The Balaban J connectivity index is 2.00. The van der Waals surface area contributed by atoms with Gasteiger partial charge in [0.05, 0.1) is 5.02 Å². The molecule has 7 heteroatoms. The monoisotopic (exact) mass is 266 g/mol. The number of nitrogens with one attached hydrogen (secondary N) is 2. The molecule has 2 N–H and O–H groups in total. The number of hydrogen-bond donors (Lipinski definition) is 2. The van der Waals surface area contributed by atoms with Crippen LogP contribution in [0.1, 0.15) is 5.56 Å². The van der Waals surface area contributed by atoms with E-state index in [0.717, 1.165) is 0 Å². The minimum Gasteiger partial charge on any atom is -0.454 e. The summed E-state index contributed by atoms with van der Waals surface area (Å²) in [6.45, 7) is 0.142. The maximum absolute atomic E-state index is 11.4. The van der Waals surface area contributed by atoms with Crippen molar-refractivity contribution in [3.8, 4) is 11.5 Å². The van der Waals surface area contributed by atoms with E-state index in [-0.39, 0.29) is 12.5 Å². The van der Waals surface area contributed by atoms with Crippen LogP contribution < -0.4 is 20.1 Å². The predicted molar refractivity (Wildman–Crippen MR) is 62.2 cm³/mol. The van der Waals surface area contributed by atoms with E-state index < -0.39 is 11.9 Å². The number of benzene rings is 1. The second-order valence-electron chi connectivity index (χ2n) is 3.69. The molecule has 0 radical (unpaired) electrons. The Hall–Kier alpha value is -2.21. The quantitative estimate of drug-likeness (QED) is 0.592. The highest BCUT2D eigenvalue weighted by Gasteiger charge is 2.24. The van der Waals surface area contributed by atoms with Gasteiger partial charge in [0.1, 0.15) is 5.70 Å². The Morgan fingerprint density at radius 1 is 1.17 bits per heavy atom. The van der Waals surface area contributed by atoms with E-state index >= 15 is 0 Å². The number of carbonyl (C=O) groups excluding carboxylic acids is 2. The summed E-state index contributed by atoms with van der Waals surface area (Å²) in [5, 5.41) is 4.88. The first kappa shape index (κ1) is 10.9. The number of ether oxygens (including phenoxy) is 2. The maximum atomic E-state index is 11.4.